The monoisotopic (exact) mass is 488 g/mol. The summed E-state index contributed by atoms with van der Waals surface area (Å²) < 4.78 is 10.8. The summed E-state index contributed by atoms with van der Waals surface area (Å²) in [6.45, 7) is 6.44. The van der Waals surface area contributed by atoms with E-state index in [1.165, 1.54) is 6.08 Å². The first-order valence-electron chi connectivity index (χ1n) is 11.0. The van der Waals surface area contributed by atoms with Crippen LogP contribution in [0.5, 0.6) is 5.75 Å². The van der Waals surface area contributed by atoms with E-state index >= 15 is 0 Å². The maximum atomic E-state index is 12.6. The smallest absolute Gasteiger partial charge is 0.338 e. The number of carbonyl (C=O) groups excluding carboxylic acids is 2. The lowest BCUT2D eigenvalue weighted by atomic mass is 10.1. The maximum absolute atomic E-state index is 12.6. The molecule has 0 saturated heterocycles. The summed E-state index contributed by atoms with van der Waals surface area (Å²) >= 11 is 6.38. The molecule has 0 radical (unpaired) electrons. The lowest BCUT2D eigenvalue weighted by Gasteiger charge is -2.10. The van der Waals surface area contributed by atoms with E-state index in [0.717, 1.165) is 16.7 Å². The number of aryl methyl sites for hydroxylation is 2. The van der Waals surface area contributed by atoms with Crippen LogP contribution < -0.4 is 10.1 Å². The molecule has 7 heteroatoms. The molecule has 0 aromatic heterocycles. The number of halogens is 1. The van der Waals surface area contributed by atoms with E-state index in [1.807, 2.05) is 19.9 Å². The Bertz CT molecular complexity index is 1290. The first kappa shape index (κ1) is 25.5. The fraction of sp³-hybridized carbons (Fsp3) is 0.179. The maximum Gasteiger partial charge on any atom is 0.338 e. The van der Waals surface area contributed by atoms with Gasteiger partial charge in [-0.2, -0.15) is 5.26 Å². The van der Waals surface area contributed by atoms with E-state index in [4.69, 9.17) is 21.1 Å². The zero-order chi connectivity index (χ0) is 25.4. The molecule has 3 rings (SSSR count). The number of nitriles is 1. The standard InChI is InChI=1S/C28H25ClN2O4/c1-4-34-28(33)22-6-8-24(9-7-22)31-27(32)23(16-30)14-20-5-10-26(25(29)15-20)35-17-21-12-18(2)11-19(3)13-21/h5-15H,4,17H2,1-3H3,(H,31,32)/b23-14+. The van der Waals surface area contributed by atoms with Crippen LogP contribution in [-0.2, 0) is 16.1 Å². The summed E-state index contributed by atoms with van der Waals surface area (Å²) in [6.07, 6.45) is 1.45. The minimum atomic E-state index is -0.581. The van der Waals surface area contributed by atoms with Crippen molar-refractivity contribution >= 4 is 35.2 Å². The van der Waals surface area contributed by atoms with Crippen molar-refractivity contribution in [3.8, 4) is 11.8 Å². The highest BCUT2D eigenvalue weighted by Gasteiger charge is 2.12. The summed E-state index contributed by atoms with van der Waals surface area (Å²) in [7, 11) is 0. The van der Waals surface area contributed by atoms with Crippen LogP contribution in [0.15, 0.2) is 66.2 Å². The lowest BCUT2D eigenvalue weighted by molar-refractivity contribution is -0.112. The number of amides is 1. The molecule has 1 amide bonds. The molecule has 0 aliphatic carbocycles. The van der Waals surface area contributed by atoms with Crippen molar-refractivity contribution in [2.75, 3.05) is 11.9 Å². The van der Waals surface area contributed by atoms with Gasteiger partial charge in [0.1, 0.15) is 24.0 Å². The number of esters is 1. The van der Waals surface area contributed by atoms with Gasteiger partial charge in [0.05, 0.1) is 17.2 Å². The molecular formula is C28H25ClN2O4. The number of hydrogen-bond donors (Lipinski definition) is 1. The fourth-order valence-electron chi connectivity index (χ4n) is 3.46. The minimum absolute atomic E-state index is 0.0977. The van der Waals surface area contributed by atoms with E-state index in [2.05, 4.69) is 23.5 Å². The summed E-state index contributed by atoms with van der Waals surface area (Å²) in [4.78, 5) is 24.3. The number of ether oxygens (including phenoxy) is 2. The summed E-state index contributed by atoms with van der Waals surface area (Å²) in [5, 5.41) is 12.5. The van der Waals surface area contributed by atoms with Crippen LogP contribution in [0.25, 0.3) is 6.08 Å². The molecule has 0 aliphatic heterocycles. The SMILES string of the molecule is CCOC(=O)c1ccc(NC(=O)/C(C#N)=C/c2ccc(OCc3cc(C)cc(C)c3)c(Cl)c2)cc1. The number of benzene rings is 3. The zero-order valence-electron chi connectivity index (χ0n) is 19.7. The molecule has 35 heavy (non-hydrogen) atoms. The van der Waals surface area contributed by atoms with Crippen molar-refractivity contribution in [2.24, 2.45) is 0 Å². The zero-order valence-corrected chi connectivity index (χ0v) is 20.5. The van der Waals surface area contributed by atoms with Gasteiger partial charge in [0.25, 0.3) is 5.91 Å². The molecule has 0 bridgehead atoms. The Morgan fingerprint density at radius 3 is 2.31 bits per heavy atom. The Morgan fingerprint density at radius 2 is 1.71 bits per heavy atom. The van der Waals surface area contributed by atoms with Gasteiger partial charge in [-0.3, -0.25) is 4.79 Å². The Morgan fingerprint density at radius 1 is 1.03 bits per heavy atom. The van der Waals surface area contributed by atoms with Gasteiger partial charge in [0, 0.05) is 5.69 Å². The van der Waals surface area contributed by atoms with Crippen molar-refractivity contribution in [3.05, 3.63) is 99.1 Å². The molecular weight excluding hydrogens is 464 g/mol. The van der Waals surface area contributed by atoms with Crippen molar-refractivity contribution in [3.63, 3.8) is 0 Å². The predicted octanol–water partition coefficient (Wildman–Crippen LogP) is 6.26. The number of anilines is 1. The average molecular weight is 489 g/mol. The molecule has 3 aromatic rings. The first-order chi connectivity index (χ1) is 16.8. The Labute approximate surface area is 209 Å². The van der Waals surface area contributed by atoms with E-state index in [1.54, 1.807) is 49.4 Å². The molecule has 0 unspecified atom stereocenters. The van der Waals surface area contributed by atoms with Gasteiger partial charge in [-0.05, 0) is 74.4 Å². The van der Waals surface area contributed by atoms with E-state index in [0.29, 0.717) is 34.2 Å². The largest absolute Gasteiger partial charge is 0.487 e. The quantitative estimate of drug-likeness (QED) is 0.230. The number of carbonyl (C=O) groups is 2. The van der Waals surface area contributed by atoms with Crippen molar-refractivity contribution in [2.45, 2.75) is 27.4 Å². The highest BCUT2D eigenvalue weighted by atomic mass is 35.5. The Balaban J connectivity index is 1.67. The second-order valence-electron chi connectivity index (χ2n) is 7.90. The molecule has 0 spiro atoms. The highest BCUT2D eigenvalue weighted by molar-refractivity contribution is 6.32. The Hall–Kier alpha value is -4.08. The van der Waals surface area contributed by atoms with Gasteiger partial charge in [0.2, 0.25) is 0 Å². The molecule has 0 heterocycles. The van der Waals surface area contributed by atoms with Crippen LogP contribution >= 0.6 is 11.6 Å². The van der Waals surface area contributed by atoms with E-state index in [9.17, 15) is 14.9 Å². The van der Waals surface area contributed by atoms with Crippen LogP contribution in [0, 0.1) is 25.2 Å². The number of nitrogens with one attached hydrogen (secondary N) is 1. The number of nitrogens with zero attached hydrogens (tertiary/aromatic N) is 1. The van der Waals surface area contributed by atoms with Gasteiger partial charge in [-0.25, -0.2) is 4.79 Å². The third-order valence-corrected chi connectivity index (χ3v) is 5.26. The Kier molecular flexibility index (Phi) is 8.66. The van der Waals surface area contributed by atoms with Crippen molar-refractivity contribution < 1.29 is 19.1 Å². The van der Waals surface area contributed by atoms with Crippen LogP contribution in [0.2, 0.25) is 5.02 Å². The molecule has 0 saturated carbocycles. The average Bonchev–Trinajstić information content (AvgIpc) is 2.82. The van der Waals surface area contributed by atoms with Crippen molar-refractivity contribution in [1.82, 2.24) is 0 Å². The molecule has 3 aromatic carbocycles. The fourth-order valence-corrected chi connectivity index (χ4v) is 3.70. The van der Waals surface area contributed by atoms with Gasteiger partial charge >= 0.3 is 5.97 Å². The number of rotatable bonds is 8. The topological polar surface area (TPSA) is 88.4 Å². The molecule has 0 atom stereocenters. The van der Waals surface area contributed by atoms with Gasteiger partial charge < -0.3 is 14.8 Å². The lowest BCUT2D eigenvalue weighted by Crippen LogP contribution is -2.13. The third kappa shape index (κ3) is 7.20. The molecule has 1 N–H and O–H groups in total. The third-order valence-electron chi connectivity index (χ3n) is 4.96. The normalized spacial score (nSPS) is 10.9. The van der Waals surface area contributed by atoms with E-state index in [-0.39, 0.29) is 12.2 Å². The first-order valence-corrected chi connectivity index (χ1v) is 11.4. The predicted molar refractivity (Wildman–Crippen MR) is 136 cm³/mol. The van der Waals surface area contributed by atoms with Crippen LogP contribution in [0.3, 0.4) is 0 Å². The molecule has 178 valence electrons. The summed E-state index contributed by atoms with van der Waals surface area (Å²) in [6, 6.07) is 19.4. The van der Waals surface area contributed by atoms with Gasteiger partial charge in [0.15, 0.2) is 0 Å². The molecule has 6 nitrogen and oxygen atoms in total. The van der Waals surface area contributed by atoms with Crippen LogP contribution in [0.4, 0.5) is 5.69 Å². The molecule has 0 aliphatic rings. The van der Waals surface area contributed by atoms with Crippen LogP contribution in [-0.4, -0.2) is 18.5 Å². The minimum Gasteiger partial charge on any atom is -0.487 e. The summed E-state index contributed by atoms with van der Waals surface area (Å²) in [5.41, 5.74) is 4.66. The second kappa shape index (κ2) is 11.9. The van der Waals surface area contributed by atoms with Crippen LogP contribution in [0.1, 0.15) is 39.5 Å². The second-order valence-corrected chi connectivity index (χ2v) is 8.30. The van der Waals surface area contributed by atoms with Crippen molar-refractivity contribution in [1.29, 1.82) is 5.26 Å². The van der Waals surface area contributed by atoms with E-state index < -0.39 is 11.9 Å². The highest BCUT2D eigenvalue weighted by Crippen LogP contribution is 2.27. The number of hydrogen-bond acceptors (Lipinski definition) is 5. The van der Waals surface area contributed by atoms with Gasteiger partial charge in [-0.1, -0.05) is 47.0 Å². The summed E-state index contributed by atoms with van der Waals surface area (Å²) in [5.74, 6) is -0.517. The van der Waals surface area contributed by atoms with Gasteiger partial charge in [-0.15, -0.1) is 0 Å². The molecule has 0 fully saturated rings.